The Labute approximate surface area is 123 Å². The second-order valence-corrected chi connectivity index (χ2v) is 7.05. The van der Waals surface area contributed by atoms with Crippen molar-refractivity contribution in [2.75, 3.05) is 13.6 Å². The van der Waals surface area contributed by atoms with Gasteiger partial charge in [-0.25, -0.2) is 0 Å². The molecular formula is C13H18N2O5S. The number of aliphatic carboxylic acids is 1. The van der Waals surface area contributed by atoms with E-state index in [9.17, 15) is 18.3 Å². The van der Waals surface area contributed by atoms with Crippen molar-refractivity contribution in [2.24, 2.45) is 0 Å². The molecule has 1 aromatic carbocycles. The molecule has 2 N–H and O–H groups in total. The van der Waals surface area contributed by atoms with Crippen LogP contribution in [0.2, 0.25) is 0 Å². The number of carboxylic acid groups (broad SMARTS) is 1. The third-order valence-electron chi connectivity index (χ3n) is 3.46. The maximum atomic E-state index is 12.5. The first-order valence-electron chi connectivity index (χ1n) is 6.50. The molecule has 0 aromatic heterocycles. The van der Waals surface area contributed by atoms with Crippen molar-refractivity contribution in [1.29, 1.82) is 0 Å². The van der Waals surface area contributed by atoms with Gasteiger partial charge in [0, 0.05) is 26.6 Å². The van der Waals surface area contributed by atoms with Crippen LogP contribution in [0.1, 0.15) is 12.0 Å². The molecule has 7 nitrogen and oxygen atoms in total. The van der Waals surface area contributed by atoms with Crippen LogP contribution in [0.4, 0.5) is 0 Å². The molecule has 1 aliphatic rings. The van der Waals surface area contributed by atoms with Crippen molar-refractivity contribution in [2.45, 2.75) is 25.1 Å². The van der Waals surface area contributed by atoms with Gasteiger partial charge in [0.05, 0.1) is 6.10 Å². The van der Waals surface area contributed by atoms with E-state index in [1.165, 1.54) is 7.05 Å². The molecule has 0 radical (unpaired) electrons. The Kier molecular flexibility index (Phi) is 4.62. The lowest BCUT2D eigenvalue weighted by atomic mass is 10.2. The molecule has 8 heteroatoms. The van der Waals surface area contributed by atoms with Gasteiger partial charge in [0.2, 0.25) is 0 Å². The van der Waals surface area contributed by atoms with Crippen LogP contribution in [0.5, 0.6) is 0 Å². The van der Waals surface area contributed by atoms with E-state index >= 15 is 0 Å². The van der Waals surface area contributed by atoms with E-state index in [4.69, 9.17) is 5.11 Å². The summed E-state index contributed by atoms with van der Waals surface area (Å²) < 4.78 is 26.9. The van der Waals surface area contributed by atoms with Crippen LogP contribution in [-0.4, -0.2) is 58.9 Å². The van der Waals surface area contributed by atoms with Crippen molar-refractivity contribution in [3.05, 3.63) is 35.9 Å². The van der Waals surface area contributed by atoms with Gasteiger partial charge >= 0.3 is 5.97 Å². The molecule has 0 spiro atoms. The molecule has 0 amide bonds. The average Bonchev–Trinajstić information content (AvgIpc) is 2.83. The molecule has 0 aliphatic carbocycles. The number of carboxylic acids is 1. The average molecular weight is 314 g/mol. The zero-order valence-electron chi connectivity index (χ0n) is 11.6. The molecule has 2 atom stereocenters. The van der Waals surface area contributed by atoms with Crippen molar-refractivity contribution in [3.63, 3.8) is 0 Å². The minimum absolute atomic E-state index is 0.0895. The number of rotatable bonds is 5. The van der Waals surface area contributed by atoms with Gasteiger partial charge in [-0.3, -0.25) is 4.79 Å². The number of carbonyl (C=O) groups is 1. The van der Waals surface area contributed by atoms with E-state index in [-0.39, 0.29) is 19.5 Å². The van der Waals surface area contributed by atoms with Crippen LogP contribution in [0.25, 0.3) is 0 Å². The van der Waals surface area contributed by atoms with E-state index in [1.807, 2.05) is 6.07 Å². The third-order valence-corrected chi connectivity index (χ3v) is 5.37. The molecule has 1 heterocycles. The standard InChI is InChI=1S/C13H18N2O5S/c1-14(8-10-5-3-2-4-6-10)21(19,20)15-9-11(16)7-12(15)13(17)18/h2-6,11-12,16H,7-9H2,1H3,(H,17,18)/t11-,12+/m1/s1. The molecule has 0 bridgehead atoms. The second kappa shape index (κ2) is 6.10. The SMILES string of the molecule is CN(Cc1ccccc1)S(=O)(=O)N1C[C@H](O)C[C@H]1C(=O)O. The van der Waals surface area contributed by atoms with Gasteiger partial charge < -0.3 is 10.2 Å². The topological polar surface area (TPSA) is 98.2 Å². The van der Waals surface area contributed by atoms with Crippen LogP contribution < -0.4 is 0 Å². The van der Waals surface area contributed by atoms with E-state index < -0.39 is 28.3 Å². The number of aliphatic hydroxyl groups is 1. The van der Waals surface area contributed by atoms with Gasteiger partial charge in [-0.15, -0.1) is 0 Å². The fourth-order valence-electron chi connectivity index (χ4n) is 2.36. The molecule has 116 valence electrons. The number of nitrogens with zero attached hydrogens (tertiary/aromatic N) is 2. The van der Waals surface area contributed by atoms with Crippen LogP contribution in [0, 0.1) is 0 Å². The highest BCUT2D eigenvalue weighted by molar-refractivity contribution is 7.86. The summed E-state index contributed by atoms with van der Waals surface area (Å²) in [5, 5.41) is 18.7. The predicted molar refractivity (Wildman–Crippen MR) is 75.6 cm³/mol. The summed E-state index contributed by atoms with van der Waals surface area (Å²) in [7, 11) is -2.54. The summed E-state index contributed by atoms with van der Waals surface area (Å²) >= 11 is 0. The summed E-state index contributed by atoms with van der Waals surface area (Å²) in [6, 6.07) is 7.79. The smallest absolute Gasteiger partial charge is 0.322 e. The van der Waals surface area contributed by atoms with Crippen LogP contribution >= 0.6 is 0 Å². The predicted octanol–water partition coefficient (Wildman–Crippen LogP) is -0.117. The number of hydrogen-bond donors (Lipinski definition) is 2. The maximum Gasteiger partial charge on any atom is 0.322 e. The second-order valence-electron chi connectivity index (χ2n) is 5.06. The quantitative estimate of drug-likeness (QED) is 0.790. The molecule has 21 heavy (non-hydrogen) atoms. The van der Waals surface area contributed by atoms with Gasteiger partial charge in [-0.2, -0.15) is 17.0 Å². The highest BCUT2D eigenvalue weighted by Gasteiger charge is 2.44. The summed E-state index contributed by atoms with van der Waals surface area (Å²) in [5.74, 6) is -1.25. The summed E-state index contributed by atoms with van der Waals surface area (Å²) in [6.45, 7) is -0.0550. The van der Waals surface area contributed by atoms with Crippen molar-refractivity contribution >= 4 is 16.2 Å². The third kappa shape index (κ3) is 3.41. The fraction of sp³-hybridized carbons (Fsp3) is 0.462. The molecular weight excluding hydrogens is 296 g/mol. The maximum absolute atomic E-state index is 12.5. The van der Waals surface area contributed by atoms with Gasteiger partial charge in [0.15, 0.2) is 0 Å². The lowest BCUT2D eigenvalue weighted by molar-refractivity contribution is -0.140. The lowest BCUT2D eigenvalue weighted by Gasteiger charge is -2.26. The Balaban J connectivity index is 2.18. The largest absolute Gasteiger partial charge is 0.480 e. The summed E-state index contributed by atoms with van der Waals surface area (Å²) in [5.41, 5.74) is 0.801. The molecule has 2 rings (SSSR count). The first-order valence-corrected chi connectivity index (χ1v) is 7.90. The molecule has 1 aliphatic heterocycles. The molecule has 0 unspecified atom stereocenters. The van der Waals surface area contributed by atoms with Crippen molar-refractivity contribution in [3.8, 4) is 0 Å². The normalized spacial score (nSPS) is 23.6. The Morgan fingerprint density at radius 1 is 1.38 bits per heavy atom. The molecule has 1 fully saturated rings. The van der Waals surface area contributed by atoms with Gasteiger partial charge in [0.1, 0.15) is 6.04 Å². The molecule has 0 saturated carbocycles. The van der Waals surface area contributed by atoms with Crippen molar-refractivity contribution in [1.82, 2.24) is 8.61 Å². The summed E-state index contributed by atoms with van der Waals surface area (Å²) in [4.78, 5) is 11.1. The fourth-order valence-corrected chi connectivity index (χ4v) is 3.89. The van der Waals surface area contributed by atoms with Gasteiger partial charge in [-0.05, 0) is 5.56 Å². The first kappa shape index (κ1) is 15.9. The number of β-amino-alcohol motifs (C(OH)–C–C–N with tert-alkyl or cyclic N) is 1. The minimum Gasteiger partial charge on any atom is -0.480 e. The molecule has 1 saturated heterocycles. The van der Waals surface area contributed by atoms with Gasteiger partial charge in [-0.1, -0.05) is 30.3 Å². The van der Waals surface area contributed by atoms with E-state index in [0.29, 0.717) is 0 Å². The van der Waals surface area contributed by atoms with Crippen molar-refractivity contribution < 1.29 is 23.4 Å². The first-order chi connectivity index (χ1) is 9.82. The Bertz CT molecular complexity index is 604. The molecule has 1 aromatic rings. The highest BCUT2D eigenvalue weighted by atomic mass is 32.2. The lowest BCUT2D eigenvalue weighted by Crippen LogP contribution is -2.47. The number of hydrogen-bond acceptors (Lipinski definition) is 4. The number of benzene rings is 1. The van der Waals surface area contributed by atoms with Gasteiger partial charge in [0.25, 0.3) is 10.2 Å². The van der Waals surface area contributed by atoms with Crippen LogP contribution in [0.3, 0.4) is 0 Å². The highest BCUT2D eigenvalue weighted by Crippen LogP contribution is 2.24. The van der Waals surface area contributed by atoms with Crippen LogP contribution in [0.15, 0.2) is 30.3 Å². The van der Waals surface area contributed by atoms with Crippen LogP contribution in [-0.2, 0) is 21.5 Å². The number of aliphatic hydroxyl groups excluding tert-OH is 1. The Morgan fingerprint density at radius 3 is 2.57 bits per heavy atom. The minimum atomic E-state index is -3.94. The monoisotopic (exact) mass is 314 g/mol. The summed E-state index contributed by atoms with van der Waals surface area (Å²) in [6.07, 6.45) is -1.04. The van der Waals surface area contributed by atoms with E-state index in [2.05, 4.69) is 0 Å². The zero-order valence-corrected chi connectivity index (χ0v) is 12.4. The Hall–Kier alpha value is -1.48. The zero-order chi connectivity index (χ0) is 15.6. The van der Waals surface area contributed by atoms with E-state index in [1.54, 1.807) is 24.3 Å². The Morgan fingerprint density at radius 2 is 2.00 bits per heavy atom. The van der Waals surface area contributed by atoms with E-state index in [0.717, 1.165) is 14.2 Å².